The Balaban J connectivity index is 0.000000282. The highest BCUT2D eigenvalue weighted by Crippen LogP contribution is 2.26. The lowest BCUT2D eigenvalue weighted by Gasteiger charge is -2.16. The third-order valence-corrected chi connectivity index (χ3v) is 3.39. The first-order chi connectivity index (χ1) is 10.2. The number of carbonyl (C=O) groups excluding carboxylic acids is 2. The van der Waals surface area contributed by atoms with Gasteiger partial charge in [0.1, 0.15) is 0 Å². The van der Waals surface area contributed by atoms with Crippen LogP contribution >= 0.6 is 0 Å². The first-order valence-electron chi connectivity index (χ1n) is 7.18. The van der Waals surface area contributed by atoms with Crippen molar-refractivity contribution in [2.75, 3.05) is 6.54 Å². The van der Waals surface area contributed by atoms with E-state index in [0.29, 0.717) is 22.3 Å². The van der Waals surface area contributed by atoms with Gasteiger partial charge in [-0.15, -0.1) is 0 Å². The zero-order valence-electron chi connectivity index (χ0n) is 12.1. The number of ketones is 2. The Morgan fingerprint density at radius 1 is 0.762 bits per heavy atom. The minimum absolute atomic E-state index is 0.0641. The minimum atomic E-state index is -0.0641. The number of fused-ring (bicyclic) bond motifs is 2. The molecule has 0 fully saturated rings. The number of rotatable bonds is 2. The van der Waals surface area contributed by atoms with Crippen molar-refractivity contribution in [1.29, 1.82) is 0 Å². The van der Waals surface area contributed by atoms with Gasteiger partial charge in [-0.2, -0.15) is 0 Å². The van der Waals surface area contributed by atoms with Gasteiger partial charge in [-0.1, -0.05) is 61.9 Å². The van der Waals surface area contributed by atoms with E-state index < -0.39 is 0 Å². The topological polar surface area (TPSA) is 60.2 Å². The van der Waals surface area contributed by atoms with Crippen molar-refractivity contribution in [2.24, 2.45) is 5.73 Å². The average molecular weight is 281 g/mol. The maximum Gasteiger partial charge on any atom is 0.194 e. The van der Waals surface area contributed by atoms with Crippen LogP contribution in [0.3, 0.4) is 0 Å². The maximum atomic E-state index is 12.1. The number of hydrogen-bond acceptors (Lipinski definition) is 3. The van der Waals surface area contributed by atoms with Gasteiger partial charge in [-0.05, 0) is 13.0 Å². The molecule has 0 bridgehead atoms. The second kappa shape index (κ2) is 6.95. The number of nitrogens with two attached hydrogens (primary N) is 1. The van der Waals surface area contributed by atoms with E-state index in [2.05, 4.69) is 6.92 Å². The molecule has 21 heavy (non-hydrogen) atoms. The average Bonchev–Trinajstić information content (AvgIpc) is 2.54. The highest BCUT2D eigenvalue weighted by Gasteiger charge is 2.28. The SMILES string of the molecule is CCCCN.O=C1c2ccccc2C(=O)c2ccccc21. The monoisotopic (exact) mass is 281 g/mol. The second-order valence-electron chi connectivity index (χ2n) is 4.89. The van der Waals surface area contributed by atoms with Gasteiger partial charge in [0.05, 0.1) is 0 Å². The van der Waals surface area contributed by atoms with E-state index >= 15 is 0 Å². The Hall–Kier alpha value is -2.26. The van der Waals surface area contributed by atoms with Crippen molar-refractivity contribution in [3.63, 3.8) is 0 Å². The molecule has 1 aliphatic carbocycles. The molecule has 2 aromatic rings. The van der Waals surface area contributed by atoms with E-state index in [1.54, 1.807) is 48.5 Å². The van der Waals surface area contributed by atoms with Gasteiger partial charge in [0, 0.05) is 22.3 Å². The van der Waals surface area contributed by atoms with Crippen LogP contribution in [0, 0.1) is 0 Å². The smallest absolute Gasteiger partial charge is 0.194 e. The van der Waals surface area contributed by atoms with Crippen LogP contribution in [-0.4, -0.2) is 18.1 Å². The minimum Gasteiger partial charge on any atom is -0.330 e. The Labute approximate surface area is 124 Å². The molecule has 108 valence electrons. The van der Waals surface area contributed by atoms with Gasteiger partial charge in [0.25, 0.3) is 0 Å². The fourth-order valence-corrected chi connectivity index (χ4v) is 2.25. The van der Waals surface area contributed by atoms with Crippen molar-refractivity contribution in [1.82, 2.24) is 0 Å². The quantitative estimate of drug-likeness (QED) is 0.784. The van der Waals surface area contributed by atoms with Crippen molar-refractivity contribution < 1.29 is 9.59 Å². The summed E-state index contributed by atoms with van der Waals surface area (Å²) in [4.78, 5) is 24.2. The Kier molecular flexibility index (Phi) is 5.01. The molecule has 0 radical (unpaired) electrons. The van der Waals surface area contributed by atoms with Crippen LogP contribution in [0.1, 0.15) is 51.6 Å². The van der Waals surface area contributed by atoms with E-state index in [0.717, 1.165) is 6.54 Å². The first-order valence-corrected chi connectivity index (χ1v) is 7.18. The number of hydrogen-bond donors (Lipinski definition) is 1. The molecule has 3 rings (SSSR count). The molecule has 0 atom stereocenters. The van der Waals surface area contributed by atoms with E-state index in [1.165, 1.54) is 12.8 Å². The molecular weight excluding hydrogens is 262 g/mol. The second-order valence-corrected chi connectivity index (χ2v) is 4.89. The summed E-state index contributed by atoms with van der Waals surface area (Å²) in [6.45, 7) is 2.98. The normalized spacial score (nSPS) is 12.1. The van der Waals surface area contributed by atoms with Crippen LogP contribution in [0.2, 0.25) is 0 Å². The van der Waals surface area contributed by atoms with E-state index in [1.807, 2.05) is 0 Å². The highest BCUT2D eigenvalue weighted by atomic mass is 16.1. The summed E-state index contributed by atoms with van der Waals surface area (Å²) in [5.74, 6) is -0.128. The highest BCUT2D eigenvalue weighted by molar-refractivity contribution is 6.28. The molecule has 0 amide bonds. The largest absolute Gasteiger partial charge is 0.330 e. The molecule has 2 aromatic carbocycles. The van der Waals surface area contributed by atoms with Gasteiger partial charge in [-0.25, -0.2) is 0 Å². The number of unbranched alkanes of at least 4 members (excludes halogenated alkanes) is 1. The summed E-state index contributed by atoms with van der Waals surface area (Å²) in [6.07, 6.45) is 2.39. The zero-order valence-corrected chi connectivity index (χ0v) is 12.1. The lowest BCUT2D eigenvalue weighted by Crippen LogP contribution is -2.20. The molecule has 0 saturated carbocycles. The Bertz CT molecular complexity index is 554. The summed E-state index contributed by atoms with van der Waals surface area (Å²) < 4.78 is 0. The predicted octanol–water partition coefficient (Wildman–Crippen LogP) is 3.21. The van der Waals surface area contributed by atoms with Gasteiger partial charge >= 0.3 is 0 Å². The van der Waals surface area contributed by atoms with Crippen LogP contribution in [0.25, 0.3) is 0 Å². The van der Waals surface area contributed by atoms with Gasteiger partial charge in [0.15, 0.2) is 11.6 Å². The molecule has 3 heteroatoms. The molecule has 0 aliphatic heterocycles. The summed E-state index contributed by atoms with van der Waals surface area (Å²) in [7, 11) is 0. The van der Waals surface area contributed by atoms with Gasteiger partial charge in [0.2, 0.25) is 0 Å². The predicted molar refractivity (Wildman–Crippen MR) is 83.7 cm³/mol. The first kappa shape index (κ1) is 15.1. The fraction of sp³-hybridized carbons (Fsp3) is 0.222. The molecule has 0 heterocycles. The molecule has 0 unspecified atom stereocenters. The molecule has 0 spiro atoms. The van der Waals surface area contributed by atoms with E-state index in [9.17, 15) is 9.59 Å². The molecular formula is C18H19NO2. The summed E-state index contributed by atoms with van der Waals surface area (Å²) in [5, 5.41) is 0. The molecule has 0 aromatic heterocycles. The Morgan fingerprint density at radius 3 is 1.29 bits per heavy atom. The lowest BCUT2D eigenvalue weighted by atomic mass is 9.84. The van der Waals surface area contributed by atoms with Crippen molar-refractivity contribution in [2.45, 2.75) is 19.8 Å². The van der Waals surface area contributed by atoms with Crippen molar-refractivity contribution in [3.8, 4) is 0 Å². The summed E-state index contributed by atoms with van der Waals surface area (Å²) in [6, 6.07) is 13.9. The number of benzene rings is 2. The maximum absolute atomic E-state index is 12.1. The van der Waals surface area contributed by atoms with Crippen LogP contribution < -0.4 is 5.73 Å². The summed E-state index contributed by atoms with van der Waals surface area (Å²) in [5.41, 5.74) is 7.16. The van der Waals surface area contributed by atoms with Crippen LogP contribution in [0.5, 0.6) is 0 Å². The van der Waals surface area contributed by atoms with Gasteiger partial charge in [-0.3, -0.25) is 9.59 Å². The number of carbonyl (C=O) groups is 2. The van der Waals surface area contributed by atoms with Crippen LogP contribution in [0.15, 0.2) is 48.5 Å². The fourth-order valence-electron chi connectivity index (χ4n) is 2.25. The van der Waals surface area contributed by atoms with Crippen LogP contribution in [-0.2, 0) is 0 Å². The molecule has 0 saturated heterocycles. The summed E-state index contributed by atoms with van der Waals surface area (Å²) >= 11 is 0. The Morgan fingerprint density at radius 2 is 1.10 bits per heavy atom. The third kappa shape index (κ3) is 3.09. The molecule has 2 N–H and O–H groups in total. The van der Waals surface area contributed by atoms with E-state index in [4.69, 9.17) is 5.73 Å². The van der Waals surface area contributed by atoms with E-state index in [-0.39, 0.29) is 11.6 Å². The van der Waals surface area contributed by atoms with Crippen molar-refractivity contribution in [3.05, 3.63) is 70.8 Å². The van der Waals surface area contributed by atoms with Crippen LogP contribution in [0.4, 0.5) is 0 Å². The van der Waals surface area contributed by atoms with Gasteiger partial charge < -0.3 is 5.73 Å². The lowest BCUT2D eigenvalue weighted by molar-refractivity contribution is 0.0979. The molecule has 1 aliphatic rings. The zero-order chi connectivity index (χ0) is 15.2. The third-order valence-electron chi connectivity index (χ3n) is 3.39. The standard InChI is InChI=1S/C14H8O2.C4H11N/c15-13-9-5-1-2-6-10(9)14(16)12-8-4-3-7-11(12)13;1-2-3-4-5/h1-8H;2-5H2,1H3. The van der Waals surface area contributed by atoms with Crippen molar-refractivity contribution >= 4 is 11.6 Å². The molecule has 3 nitrogen and oxygen atoms in total.